The lowest BCUT2D eigenvalue weighted by Crippen LogP contribution is -2.36. The van der Waals surface area contributed by atoms with Crippen molar-refractivity contribution in [3.8, 4) is 5.75 Å². The maximum Gasteiger partial charge on any atom is 0.573 e. The lowest BCUT2D eigenvalue weighted by Gasteiger charge is -2.10. The number of hydrogen-bond acceptors (Lipinski definition) is 7. The van der Waals surface area contributed by atoms with Crippen LogP contribution in [0.15, 0.2) is 30.5 Å². The molecule has 12 nitrogen and oxygen atoms in total. The topological polar surface area (TPSA) is 145 Å². The van der Waals surface area contributed by atoms with E-state index in [1.807, 2.05) is 0 Å². The third-order valence-corrected chi connectivity index (χ3v) is 4.06. The van der Waals surface area contributed by atoms with Crippen molar-refractivity contribution in [3.63, 3.8) is 0 Å². The number of rotatable bonds is 11. The Balaban J connectivity index is 1.96. The summed E-state index contributed by atoms with van der Waals surface area (Å²) in [5.74, 6) is -0.957. The average molecular weight is 502 g/mol. The second kappa shape index (κ2) is 13.0. The number of carbonyl (C=O) groups is 3. The van der Waals surface area contributed by atoms with Gasteiger partial charge in [-0.15, -0.1) is 13.2 Å². The van der Waals surface area contributed by atoms with E-state index in [1.54, 1.807) is 6.92 Å². The first-order valence-corrected chi connectivity index (χ1v) is 10.3. The Labute approximate surface area is 198 Å². The summed E-state index contributed by atoms with van der Waals surface area (Å²) in [6, 6.07) is 3.79. The normalized spacial score (nSPS) is 10.9. The van der Waals surface area contributed by atoms with E-state index in [-0.39, 0.29) is 50.2 Å². The molecule has 2 rings (SSSR count). The molecule has 4 N–H and O–H groups in total. The fourth-order valence-corrected chi connectivity index (χ4v) is 2.64. The maximum absolute atomic E-state index is 12.5. The minimum Gasteiger partial charge on any atom is -0.450 e. The molecule has 0 atom stereocenters. The van der Waals surface area contributed by atoms with Crippen LogP contribution in [0.3, 0.4) is 0 Å². The summed E-state index contributed by atoms with van der Waals surface area (Å²) in [7, 11) is 1.48. The molecule has 0 radical (unpaired) electrons. The number of imidazole rings is 1. The molecule has 4 amide bonds. The van der Waals surface area contributed by atoms with Crippen LogP contribution in [-0.2, 0) is 16.0 Å². The molecule has 0 aliphatic rings. The summed E-state index contributed by atoms with van der Waals surface area (Å²) in [5, 5.41) is 9.92. The van der Waals surface area contributed by atoms with E-state index in [9.17, 15) is 27.6 Å². The van der Waals surface area contributed by atoms with Crippen LogP contribution in [0, 0.1) is 0 Å². The number of alkyl carbamates (subject to hydrolysis) is 1. The van der Waals surface area contributed by atoms with E-state index in [4.69, 9.17) is 9.47 Å². The van der Waals surface area contributed by atoms with Gasteiger partial charge in [-0.25, -0.2) is 14.6 Å². The largest absolute Gasteiger partial charge is 0.573 e. The number of methoxy groups -OCH3 is 1. The van der Waals surface area contributed by atoms with Crippen LogP contribution in [0.2, 0.25) is 0 Å². The molecule has 0 saturated heterocycles. The number of alkyl halides is 3. The summed E-state index contributed by atoms with van der Waals surface area (Å²) in [5.41, 5.74) is 0.197. The Hall–Kier alpha value is -4.01. The van der Waals surface area contributed by atoms with E-state index in [0.29, 0.717) is 0 Å². The number of ether oxygens (including phenoxy) is 3. The first kappa shape index (κ1) is 27.2. The number of benzene rings is 1. The molecule has 192 valence electrons. The first-order chi connectivity index (χ1) is 16.6. The summed E-state index contributed by atoms with van der Waals surface area (Å²) >= 11 is 0. The van der Waals surface area contributed by atoms with E-state index in [1.165, 1.54) is 30.0 Å². The van der Waals surface area contributed by atoms with Crippen LogP contribution < -0.4 is 26.0 Å². The zero-order valence-electron chi connectivity index (χ0n) is 18.9. The van der Waals surface area contributed by atoms with Crippen molar-refractivity contribution in [2.45, 2.75) is 19.8 Å². The van der Waals surface area contributed by atoms with Crippen LogP contribution in [-0.4, -0.2) is 67.4 Å². The van der Waals surface area contributed by atoms with Crippen molar-refractivity contribution >= 4 is 29.5 Å². The number of aromatic nitrogens is 2. The second-order valence-corrected chi connectivity index (χ2v) is 6.69. The van der Waals surface area contributed by atoms with Crippen molar-refractivity contribution in [3.05, 3.63) is 36.3 Å². The van der Waals surface area contributed by atoms with E-state index in [2.05, 4.69) is 31.0 Å². The molecule has 0 fully saturated rings. The van der Waals surface area contributed by atoms with Gasteiger partial charge in [0.2, 0.25) is 5.82 Å². The van der Waals surface area contributed by atoms with Gasteiger partial charge in [-0.05, 0) is 31.2 Å². The number of amides is 4. The molecule has 0 aliphatic heterocycles. The highest BCUT2D eigenvalue weighted by Gasteiger charge is 2.31. The molecule has 1 aromatic heterocycles. The summed E-state index contributed by atoms with van der Waals surface area (Å²) in [6.07, 6.45) is -4.01. The molecule has 0 bridgehead atoms. The lowest BCUT2D eigenvalue weighted by atomic mass is 10.3. The summed E-state index contributed by atoms with van der Waals surface area (Å²) < 4.78 is 51.7. The fourth-order valence-electron chi connectivity index (χ4n) is 2.64. The third kappa shape index (κ3) is 9.79. The standard InChI is InChI=1S/C20H25F3N6O6/c1-3-34-19(32)25-9-8-24-17(30)16-27-15(12-29(16)10-11-33-2)28-18(31)26-13-4-6-14(7-5-13)35-20(21,22)23/h4-7,12H,3,8-11H2,1-2H3,(H,24,30)(H,25,32)(H2,26,28,31). The zero-order valence-corrected chi connectivity index (χ0v) is 18.9. The highest BCUT2D eigenvalue weighted by atomic mass is 19.4. The molecular weight excluding hydrogens is 477 g/mol. The second-order valence-electron chi connectivity index (χ2n) is 6.69. The highest BCUT2D eigenvalue weighted by Crippen LogP contribution is 2.24. The predicted octanol–water partition coefficient (Wildman–Crippen LogP) is 2.55. The molecule has 0 aliphatic carbocycles. The monoisotopic (exact) mass is 502 g/mol. The number of nitrogens with zero attached hydrogens (tertiary/aromatic N) is 2. The van der Waals surface area contributed by atoms with Crippen LogP contribution in [0.25, 0.3) is 0 Å². The van der Waals surface area contributed by atoms with Gasteiger partial charge in [-0.1, -0.05) is 0 Å². The summed E-state index contributed by atoms with van der Waals surface area (Å²) in [4.78, 5) is 40.2. The molecular formula is C20H25F3N6O6. The molecule has 0 spiro atoms. The Morgan fingerprint density at radius 3 is 2.37 bits per heavy atom. The molecule has 1 aromatic carbocycles. The van der Waals surface area contributed by atoms with Crippen molar-refractivity contribution in [2.24, 2.45) is 0 Å². The Morgan fingerprint density at radius 1 is 1.06 bits per heavy atom. The SMILES string of the molecule is CCOC(=O)NCCNC(=O)c1nc(NC(=O)Nc2ccc(OC(F)(F)F)cc2)cn1CCOC. The minimum absolute atomic E-state index is 0.0119. The van der Waals surface area contributed by atoms with Crippen molar-refractivity contribution in [1.82, 2.24) is 20.2 Å². The third-order valence-electron chi connectivity index (χ3n) is 4.06. The van der Waals surface area contributed by atoms with Gasteiger partial charge in [0, 0.05) is 38.6 Å². The van der Waals surface area contributed by atoms with Gasteiger partial charge in [-0.2, -0.15) is 0 Å². The first-order valence-electron chi connectivity index (χ1n) is 10.3. The summed E-state index contributed by atoms with van der Waals surface area (Å²) in [6.45, 7) is 2.64. The number of anilines is 2. The Morgan fingerprint density at radius 2 is 1.74 bits per heavy atom. The van der Waals surface area contributed by atoms with Crippen LogP contribution >= 0.6 is 0 Å². The van der Waals surface area contributed by atoms with Gasteiger partial charge in [0.25, 0.3) is 5.91 Å². The van der Waals surface area contributed by atoms with Gasteiger partial charge in [0.15, 0.2) is 5.82 Å². The van der Waals surface area contributed by atoms with Gasteiger partial charge < -0.3 is 34.7 Å². The molecule has 15 heteroatoms. The van der Waals surface area contributed by atoms with Gasteiger partial charge in [0.05, 0.1) is 13.2 Å². The highest BCUT2D eigenvalue weighted by molar-refractivity contribution is 5.99. The minimum atomic E-state index is -4.82. The van der Waals surface area contributed by atoms with Gasteiger partial charge in [-0.3, -0.25) is 10.1 Å². The Kier molecular flexibility index (Phi) is 10.1. The van der Waals surface area contributed by atoms with Crippen LogP contribution in [0.4, 0.5) is 34.3 Å². The predicted molar refractivity (Wildman–Crippen MR) is 117 cm³/mol. The zero-order chi connectivity index (χ0) is 25.8. The van der Waals surface area contributed by atoms with E-state index in [0.717, 1.165) is 12.1 Å². The smallest absolute Gasteiger partial charge is 0.450 e. The van der Waals surface area contributed by atoms with Crippen molar-refractivity contribution < 1.29 is 41.8 Å². The number of hydrogen-bond donors (Lipinski definition) is 4. The van der Waals surface area contributed by atoms with Crippen LogP contribution in [0.1, 0.15) is 17.5 Å². The van der Waals surface area contributed by atoms with Gasteiger partial charge in [0.1, 0.15) is 5.75 Å². The quantitative estimate of drug-likeness (QED) is 0.346. The molecule has 1 heterocycles. The Bertz CT molecular complexity index is 996. The van der Waals surface area contributed by atoms with Crippen molar-refractivity contribution in [1.29, 1.82) is 0 Å². The van der Waals surface area contributed by atoms with Crippen molar-refractivity contribution in [2.75, 3.05) is 44.0 Å². The maximum atomic E-state index is 12.5. The molecule has 35 heavy (non-hydrogen) atoms. The van der Waals surface area contributed by atoms with Gasteiger partial charge >= 0.3 is 18.5 Å². The number of halogens is 3. The van der Waals surface area contributed by atoms with Crippen LogP contribution in [0.5, 0.6) is 5.75 Å². The van der Waals surface area contributed by atoms with E-state index < -0.39 is 30.1 Å². The van der Waals surface area contributed by atoms with E-state index >= 15 is 0 Å². The number of carbonyl (C=O) groups excluding carboxylic acids is 3. The number of urea groups is 1. The molecule has 0 unspecified atom stereocenters. The molecule has 2 aromatic rings. The number of nitrogens with one attached hydrogen (secondary N) is 4. The molecule has 0 saturated carbocycles. The fraction of sp³-hybridized carbons (Fsp3) is 0.400. The lowest BCUT2D eigenvalue weighted by molar-refractivity contribution is -0.274. The average Bonchev–Trinajstić information content (AvgIpc) is 3.18.